The highest BCUT2D eigenvalue weighted by Crippen LogP contribution is 2.41. The van der Waals surface area contributed by atoms with E-state index in [9.17, 15) is 0 Å². The van der Waals surface area contributed by atoms with Gasteiger partial charge in [0.1, 0.15) is 0 Å². The molecule has 1 saturated carbocycles. The number of nitrogens with two attached hydrogens (primary N) is 1. The van der Waals surface area contributed by atoms with Gasteiger partial charge in [0, 0.05) is 28.7 Å². The van der Waals surface area contributed by atoms with Crippen LogP contribution in [0.15, 0.2) is 18.2 Å². The van der Waals surface area contributed by atoms with Crippen molar-refractivity contribution in [3.05, 3.63) is 33.8 Å². The predicted molar refractivity (Wildman–Crippen MR) is 85.3 cm³/mol. The third-order valence-electron chi connectivity index (χ3n) is 4.98. The van der Waals surface area contributed by atoms with E-state index in [1.165, 1.54) is 32.1 Å². The first-order valence-corrected chi connectivity index (χ1v) is 8.37. The van der Waals surface area contributed by atoms with Gasteiger partial charge in [-0.15, -0.1) is 0 Å². The van der Waals surface area contributed by atoms with E-state index >= 15 is 0 Å². The highest BCUT2D eigenvalue weighted by Gasteiger charge is 2.38. The lowest BCUT2D eigenvalue weighted by Crippen LogP contribution is -2.46. The summed E-state index contributed by atoms with van der Waals surface area (Å²) in [6.45, 7) is 1.73. The summed E-state index contributed by atoms with van der Waals surface area (Å²) in [6.07, 6.45) is 6.69. The number of fused-ring (bicyclic) bond motifs is 1. The zero-order chi connectivity index (χ0) is 14.1. The molecule has 1 aromatic rings. The molecule has 3 rings (SSSR count). The lowest BCUT2D eigenvalue weighted by molar-refractivity contribution is 0.0702. The molecule has 1 aliphatic heterocycles. The molecule has 2 aliphatic rings. The van der Waals surface area contributed by atoms with Crippen molar-refractivity contribution in [2.45, 2.75) is 44.2 Å². The van der Waals surface area contributed by atoms with Gasteiger partial charge in [0.05, 0.1) is 0 Å². The van der Waals surface area contributed by atoms with Crippen LogP contribution < -0.4 is 5.73 Å². The van der Waals surface area contributed by atoms with E-state index in [1.54, 1.807) is 0 Å². The Morgan fingerprint density at radius 3 is 2.80 bits per heavy atom. The number of hydrogen-bond acceptors (Lipinski definition) is 2. The maximum atomic E-state index is 6.39. The van der Waals surface area contributed by atoms with E-state index in [0.29, 0.717) is 12.6 Å². The molecule has 2 nitrogen and oxygen atoms in total. The lowest BCUT2D eigenvalue weighted by Gasteiger charge is -2.43. The highest BCUT2D eigenvalue weighted by molar-refractivity contribution is 6.33. The molecule has 0 spiro atoms. The molecule has 1 aromatic carbocycles. The predicted octanol–water partition coefficient (Wildman–Crippen LogP) is 4.26. The van der Waals surface area contributed by atoms with Crippen LogP contribution >= 0.6 is 23.2 Å². The van der Waals surface area contributed by atoms with Gasteiger partial charge in [0.2, 0.25) is 0 Å². The maximum absolute atomic E-state index is 6.39. The highest BCUT2D eigenvalue weighted by atomic mass is 35.5. The Bertz CT molecular complexity index is 478. The van der Waals surface area contributed by atoms with Gasteiger partial charge in [-0.2, -0.15) is 0 Å². The molecule has 0 amide bonds. The van der Waals surface area contributed by atoms with Crippen LogP contribution in [0.5, 0.6) is 0 Å². The van der Waals surface area contributed by atoms with Crippen molar-refractivity contribution in [1.29, 1.82) is 0 Å². The summed E-state index contributed by atoms with van der Waals surface area (Å²) >= 11 is 12.5. The minimum Gasteiger partial charge on any atom is -0.329 e. The van der Waals surface area contributed by atoms with Crippen LogP contribution in [0.25, 0.3) is 0 Å². The van der Waals surface area contributed by atoms with E-state index in [2.05, 4.69) is 4.90 Å². The Balaban J connectivity index is 1.90. The number of rotatable bonds is 3. The fourth-order valence-electron chi connectivity index (χ4n) is 4.09. The lowest BCUT2D eigenvalue weighted by atomic mass is 9.89. The Hall–Kier alpha value is -0.280. The summed E-state index contributed by atoms with van der Waals surface area (Å²) in [5.41, 5.74) is 7.19. The van der Waals surface area contributed by atoms with Gasteiger partial charge < -0.3 is 5.73 Å². The van der Waals surface area contributed by atoms with Crippen LogP contribution in [0.4, 0.5) is 0 Å². The number of nitrogens with zero attached hydrogens (tertiary/aromatic N) is 1. The number of hydrogen-bond donors (Lipinski definition) is 1. The maximum Gasteiger partial charge on any atom is 0.0488 e. The SMILES string of the molecule is NCC(c1cc(Cl)ccc1Cl)N1CCCC2CCCC21. The minimum absolute atomic E-state index is 0.201. The smallest absolute Gasteiger partial charge is 0.0488 e. The molecular formula is C16H22Cl2N2. The third-order valence-corrected chi connectivity index (χ3v) is 5.56. The van der Waals surface area contributed by atoms with Gasteiger partial charge in [0.25, 0.3) is 0 Å². The molecule has 0 radical (unpaired) electrons. The van der Waals surface area contributed by atoms with Crippen molar-refractivity contribution in [3.63, 3.8) is 0 Å². The summed E-state index contributed by atoms with van der Waals surface area (Å²) in [5, 5.41) is 1.52. The zero-order valence-electron chi connectivity index (χ0n) is 11.7. The second-order valence-electron chi connectivity index (χ2n) is 6.06. The standard InChI is InChI=1S/C16H22Cl2N2/c17-12-6-7-14(18)13(9-12)16(10-19)20-8-2-4-11-3-1-5-15(11)20/h6-7,9,11,15-16H,1-5,8,10,19H2. The van der Waals surface area contributed by atoms with E-state index in [-0.39, 0.29) is 6.04 Å². The van der Waals surface area contributed by atoms with Crippen molar-refractivity contribution in [1.82, 2.24) is 4.90 Å². The molecule has 3 unspecified atom stereocenters. The van der Waals surface area contributed by atoms with Crippen LogP contribution in [-0.2, 0) is 0 Å². The summed E-state index contributed by atoms with van der Waals surface area (Å²) in [7, 11) is 0. The normalized spacial score (nSPS) is 28.4. The van der Waals surface area contributed by atoms with Crippen LogP contribution in [-0.4, -0.2) is 24.0 Å². The van der Waals surface area contributed by atoms with Gasteiger partial charge in [-0.05, 0) is 61.9 Å². The van der Waals surface area contributed by atoms with Crippen LogP contribution in [0.1, 0.15) is 43.7 Å². The van der Waals surface area contributed by atoms with Gasteiger partial charge in [-0.25, -0.2) is 0 Å². The Morgan fingerprint density at radius 1 is 1.20 bits per heavy atom. The molecule has 110 valence electrons. The van der Waals surface area contributed by atoms with Crippen molar-refractivity contribution in [2.24, 2.45) is 11.7 Å². The Kier molecular flexibility index (Phi) is 4.56. The first kappa shape index (κ1) is 14.6. The molecule has 2 fully saturated rings. The topological polar surface area (TPSA) is 29.3 Å². The fourth-order valence-corrected chi connectivity index (χ4v) is 4.51. The molecule has 2 N–H and O–H groups in total. The van der Waals surface area contributed by atoms with Gasteiger partial charge in [-0.3, -0.25) is 4.90 Å². The van der Waals surface area contributed by atoms with Crippen molar-refractivity contribution in [3.8, 4) is 0 Å². The molecule has 0 bridgehead atoms. The molecule has 1 aliphatic carbocycles. The summed E-state index contributed by atoms with van der Waals surface area (Å²) in [4.78, 5) is 2.60. The quantitative estimate of drug-likeness (QED) is 0.903. The summed E-state index contributed by atoms with van der Waals surface area (Å²) in [5.74, 6) is 0.857. The number of benzene rings is 1. The molecule has 3 atom stereocenters. The van der Waals surface area contributed by atoms with Gasteiger partial charge in [-0.1, -0.05) is 29.6 Å². The van der Waals surface area contributed by atoms with E-state index in [1.807, 2.05) is 18.2 Å². The molecule has 20 heavy (non-hydrogen) atoms. The average Bonchev–Trinajstić information content (AvgIpc) is 2.92. The Morgan fingerprint density at radius 2 is 2.00 bits per heavy atom. The molecular weight excluding hydrogens is 291 g/mol. The second-order valence-corrected chi connectivity index (χ2v) is 6.90. The van der Waals surface area contributed by atoms with Crippen LogP contribution in [0, 0.1) is 5.92 Å². The fraction of sp³-hybridized carbons (Fsp3) is 0.625. The summed E-state index contributed by atoms with van der Waals surface area (Å²) < 4.78 is 0. The molecule has 1 saturated heterocycles. The van der Waals surface area contributed by atoms with Crippen LogP contribution in [0.2, 0.25) is 10.0 Å². The first-order chi connectivity index (χ1) is 9.70. The molecule has 4 heteroatoms. The number of likely N-dealkylation sites (tertiary alicyclic amines) is 1. The third kappa shape index (κ3) is 2.71. The first-order valence-electron chi connectivity index (χ1n) is 7.61. The van der Waals surface area contributed by atoms with E-state index in [0.717, 1.165) is 28.1 Å². The van der Waals surface area contributed by atoms with E-state index < -0.39 is 0 Å². The van der Waals surface area contributed by atoms with Crippen molar-refractivity contribution in [2.75, 3.05) is 13.1 Å². The second kappa shape index (κ2) is 6.23. The van der Waals surface area contributed by atoms with Crippen molar-refractivity contribution >= 4 is 23.2 Å². The monoisotopic (exact) mass is 312 g/mol. The Labute approximate surface area is 131 Å². The molecule has 0 aromatic heterocycles. The largest absolute Gasteiger partial charge is 0.329 e. The van der Waals surface area contributed by atoms with Gasteiger partial charge in [0.15, 0.2) is 0 Å². The number of piperidine rings is 1. The van der Waals surface area contributed by atoms with Crippen molar-refractivity contribution < 1.29 is 0 Å². The van der Waals surface area contributed by atoms with Gasteiger partial charge >= 0.3 is 0 Å². The number of halogens is 2. The molecule has 1 heterocycles. The zero-order valence-corrected chi connectivity index (χ0v) is 13.2. The average molecular weight is 313 g/mol. The summed E-state index contributed by atoms with van der Waals surface area (Å²) in [6, 6.07) is 6.60. The minimum atomic E-state index is 0.201. The van der Waals surface area contributed by atoms with E-state index in [4.69, 9.17) is 28.9 Å². The van der Waals surface area contributed by atoms with Crippen LogP contribution in [0.3, 0.4) is 0 Å².